The van der Waals surface area contributed by atoms with E-state index < -0.39 is 0 Å². The topological polar surface area (TPSA) is 48.1 Å². The molecule has 0 saturated carbocycles. The molecule has 0 aliphatic heterocycles. The Morgan fingerprint density at radius 3 is 2.89 bits per heavy atom. The summed E-state index contributed by atoms with van der Waals surface area (Å²) in [6, 6.07) is 8.18. The third-order valence-corrected chi connectivity index (χ3v) is 3.71. The van der Waals surface area contributed by atoms with E-state index in [2.05, 4.69) is 23.4 Å². The standard InChI is InChI=1S/C15H20N2OS/c1-11-4-3-5-15(8-11)18-7-6-13(16)9-14-10-19-12(2)17-14/h3-5,8,10,13H,6-7,9,16H2,1-2H3. The van der Waals surface area contributed by atoms with Crippen molar-refractivity contribution >= 4 is 11.3 Å². The zero-order chi connectivity index (χ0) is 13.7. The number of hydrogen-bond donors (Lipinski definition) is 1. The molecule has 0 fully saturated rings. The molecule has 2 aromatic rings. The van der Waals surface area contributed by atoms with Crippen molar-refractivity contribution in [3.63, 3.8) is 0 Å². The molecule has 0 radical (unpaired) electrons. The summed E-state index contributed by atoms with van der Waals surface area (Å²) in [6.07, 6.45) is 1.66. The van der Waals surface area contributed by atoms with E-state index in [4.69, 9.17) is 10.5 Å². The van der Waals surface area contributed by atoms with Gasteiger partial charge in [0, 0.05) is 17.8 Å². The summed E-state index contributed by atoms with van der Waals surface area (Å²) in [5.74, 6) is 0.914. The quantitative estimate of drug-likeness (QED) is 0.882. The van der Waals surface area contributed by atoms with Gasteiger partial charge in [-0.2, -0.15) is 0 Å². The van der Waals surface area contributed by atoms with Gasteiger partial charge in [0.2, 0.25) is 0 Å². The normalized spacial score (nSPS) is 12.4. The second-order valence-corrected chi connectivity index (χ2v) is 5.84. The van der Waals surface area contributed by atoms with Crippen molar-refractivity contribution < 1.29 is 4.74 Å². The van der Waals surface area contributed by atoms with Gasteiger partial charge in [0.05, 0.1) is 17.3 Å². The lowest BCUT2D eigenvalue weighted by Gasteiger charge is -2.11. The van der Waals surface area contributed by atoms with Gasteiger partial charge < -0.3 is 10.5 Å². The largest absolute Gasteiger partial charge is 0.494 e. The van der Waals surface area contributed by atoms with E-state index in [1.165, 1.54) is 5.56 Å². The van der Waals surface area contributed by atoms with Crippen LogP contribution in [0.1, 0.15) is 22.7 Å². The first-order chi connectivity index (χ1) is 9.13. The van der Waals surface area contributed by atoms with E-state index >= 15 is 0 Å². The van der Waals surface area contributed by atoms with Gasteiger partial charge in [-0.25, -0.2) is 4.98 Å². The van der Waals surface area contributed by atoms with Crippen LogP contribution in [0.3, 0.4) is 0 Å². The fraction of sp³-hybridized carbons (Fsp3) is 0.400. The second-order valence-electron chi connectivity index (χ2n) is 4.78. The van der Waals surface area contributed by atoms with Crippen LogP contribution in [0.25, 0.3) is 0 Å². The van der Waals surface area contributed by atoms with Gasteiger partial charge in [-0.1, -0.05) is 12.1 Å². The Labute approximate surface area is 118 Å². The van der Waals surface area contributed by atoms with E-state index in [0.717, 1.165) is 29.3 Å². The van der Waals surface area contributed by atoms with Crippen LogP contribution in [-0.2, 0) is 6.42 Å². The molecule has 0 amide bonds. The van der Waals surface area contributed by atoms with Crippen molar-refractivity contribution in [2.75, 3.05) is 6.61 Å². The first-order valence-corrected chi connectivity index (χ1v) is 7.37. The maximum atomic E-state index is 6.09. The maximum absolute atomic E-state index is 6.09. The summed E-state index contributed by atoms with van der Waals surface area (Å²) in [4.78, 5) is 4.43. The van der Waals surface area contributed by atoms with Crippen LogP contribution in [-0.4, -0.2) is 17.6 Å². The van der Waals surface area contributed by atoms with Crippen LogP contribution in [0.2, 0.25) is 0 Å². The summed E-state index contributed by atoms with van der Waals surface area (Å²) in [7, 11) is 0. The van der Waals surface area contributed by atoms with Crippen LogP contribution >= 0.6 is 11.3 Å². The molecule has 1 aromatic carbocycles. The molecule has 1 aromatic heterocycles. The Morgan fingerprint density at radius 2 is 2.21 bits per heavy atom. The minimum atomic E-state index is 0.103. The Kier molecular flexibility index (Phi) is 4.93. The first-order valence-electron chi connectivity index (χ1n) is 6.49. The molecule has 0 aliphatic rings. The fourth-order valence-corrected chi connectivity index (χ4v) is 2.53. The van der Waals surface area contributed by atoms with Gasteiger partial charge in [0.25, 0.3) is 0 Å². The number of benzene rings is 1. The third kappa shape index (κ3) is 4.65. The number of nitrogens with two attached hydrogens (primary N) is 1. The minimum Gasteiger partial charge on any atom is -0.494 e. The highest BCUT2D eigenvalue weighted by Gasteiger charge is 2.07. The van der Waals surface area contributed by atoms with Crippen molar-refractivity contribution in [3.8, 4) is 5.75 Å². The first kappa shape index (κ1) is 14.0. The second kappa shape index (κ2) is 6.68. The van der Waals surface area contributed by atoms with E-state index in [0.29, 0.717) is 6.61 Å². The van der Waals surface area contributed by atoms with Crippen molar-refractivity contribution in [2.24, 2.45) is 5.73 Å². The predicted molar refractivity (Wildman–Crippen MR) is 79.8 cm³/mol. The van der Waals surface area contributed by atoms with Crippen LogP contribution in [0.4, 0.5) is 0 Å². The highest BCUT2D eigenvalue weighted by Crippen LogP contribution is 2.14. The molecule has 4 heteroatoms. The number of hydrogen-bond acceptors (Lipinski definition) is 4. The zero-order valence-corrected chi connectivity index (χ0v) is 12.2. The van der Waals surface area contributed by atoms with E-state index in [1.54, 1.807) is 11.3 Å². The summed E-state index contributed by atoms with van der Waals surface area (Å²) in [5, 5.41) is 3.18. The van der Waals surface area contributed by atoms with Gasteiger partial charge in [0.1, 0.15) is 5.75 Å². The smallest absolute Gasteiger partial charge is 0.119 e. The predicted octanol–water partition coefficient (Wildman–Crippen LogP) is 3.10. The van der Waals surface area contributed by atoms with Gasteiger partial charge in [0.15, 0.2) is 0 Å². The fourth-order valence-electron chi connectivity index (χ4n) is 1.91. The Morgan fingerprint density at radius 1 is 1.37 bits per heavy atom. The molecule has 0 bridgehead atoms. The van der Waals surface area contributed by atoms with E-state index in [-0.39, 0.29) is 6.04 Å². The van der Waals surface area contributed by atoms with Crippen molar-refractivity contribution in [1.82, 2.24) is 4.98 Å². The van der Waals surface area contributed by atoms with Crippen LogP contribution in [0, 0.1) is 13.8 Å². The van der Waals surface area contributed by atoms with Gasteiger partial charge >= 0.3 is 0 Å². The molecule has 1 atom stereocenters. The number of ether oxygens (including phenoxy) is 1. The number of aryl methyl sites for hydroxylation is 2. The van der Waals surface area contributed by atoms with Crippen LogP contribution < -0.4 is 10.5 Å². The average Bonchev–Trinajstić information content (AvgIpc) is 2.75. The van der Waals surface area contributed by atoms with Crippen LogP contribution in [0.5, 0.6) is 5.75 Å². The van der Waals surface area contributed by atoms with Crippen molar-refractivity contribution in [2.45, 2.75) is 32.7 Å². The summed E-state index contributed by atoms with van der Waals surface area (Å²) in [6.45, 7) is 4.72. The lowest BCUT2D eigenvalue weighted by atomic mass is 10.1. The summed E-state index contributed by atoms with van der Waals surface area (Å²) in [5.41, 5.74) is 8.39. The molecule has 3 nitrogen and oxygen atoms in total. The number of rotatable bonds is 6. The monoisotopic (exact) mass is 276 g/mol. The molecular formula is C15H20N2OS. The average molecular weight is 276 g/mol. The molecule has 2 rings (SSSR count). The highest BCUT2D eigenvalue weighted by molar-refractivity contribution is 7.09. The van der Waals surface area contributed by atoms with Gasteiger partial charge in [-0.05, 0) is 38.0 Å². The molecule has 0 aliphatic carbocycles. The summed E-state index contributed by atoms with van der Waals surface area (Å²) >= 11 is 1.67. The van der Waals surface area contributed by atoms with Crippen molar-refractivity contribution in [3.05, 3.63) is 45.9 Å². The molecule has 1 heterocycles. The van der Waals surface area contributed by atoms with Crippen LogP contribution in [0.15, 0.2) is 29.6 Å². The summed E-state index contributed by atoms with van der Waals surface area (Å²) < 4.78 is 5.70. The molecule has 102 valence electrons. The molecule has 1 unspecified atom stereocenters. The number of nitrogens with zero attached hydrogens (tertiary/aromatic N) is 1. The Hall–Kier alpha value is -1.39. The minimum absolute atomic E-state index is 0.103. The Balaban J connectivity index is 1.73. The molecule has 0 saturated heterocycles. The van der Waals surface area contributed by atoms with Gasteiger partial charge in [-0.3, -0.25) is 0 Å². The van der Waals surface area contributed by atoms with Gasteiger partial charge in [-0.15, -0.1) is 11.3 Å². The molecule has 2 N–H and O–H groups in total. The van der Waals surface area contributed by atoms with Crippen molar-refractivity contribution in [1.29, 1.82) is 0 Å². The lowest BCUT2D eigenvalue weighted by Crippen LogP contribution is -2.25. The van der Waals surface area contributed by atoms with E-state index in [1.807, 2.05) is 25.1 Å². The SMILES string of the molecule is Cc1cccc(OCCC(N)Cc2csc(C)n2)c1. The highest BCUT2D eigenvalue weighted by atomic mass is 32.1. The lowest BCUT2D eigenvalue weighted by molar-refractivity contribution is 0.297. The van der Waals surface area contributed by atoms with E-state index in [9.17, 15) is 0 Å². The molecule has 19 heavy (non-hydrogen) atoms. The number of aromatic nitrogens is 1. The number of thiazole rings is 1. The maximum Gasteiger partial charge on any atom is 0.119 e. The Bertz CT molecular complexity index is 524. The molecule has 0 spiro atoms. The zero-order valence-electron chi connectivity index (χ0n) is 11.4. The molecular weight excluding hydrogens is 256 g/mol. The third-order valence-electron chi connectivity index (χ3n) is 2.88.